The van der Waals surface area contributed by atoms with E-state index in [1.165, 1.54) is 0 Å². The second-order valence-corrected chi connectivity index (χ2v) is 2.79. The number of rotatable bonds is 2. The average molecular weight is 240 g/mol. The van der Waals surface area contributed by atoms with Gasteiger partial charge in [0.1, 0.15) is 11.4 Å². The molecule has 8 heteroatoms. The van der Waals surface area contributed by atoms with Crippen molar-refractivity contribution in [3.63, 3.8) is 0 Å². The van der Waals surface area contributed by atoms with E-state index < -0.39 is 35.5 Å². The van der Waals surface area contributed by atoms with Gasteiger partial charge in [-0.3, -0.25) is 4.79 Å². The molecule has 3 nitrogen and oxygen atoms in total. The zero-order valence-electron chi connectivity index (χ0n) is 7.55. The summed E-state index contributed by atoms with van der Waals surface area (Å²) in [6.07, 6.45) is -8.15. The molecule has 1 aromatic rings. The normalized spacial score (nSPS) is 11.9. The van der Waals surface area contributed by atoms with Crippen LogP contribution < -0.4 is 5.73 Å². The molecule has 0 aliphatic carbocycles. The number of primary amides is 1. The van der Waals surface area contributed by atoms with E-state index in [2.05, 4.69) is 4.98 Å². The van der Waals surface area contributed by atoms with Crippen LogP contribution in [0.1, 0.15) is 28.2 Å². The van der Waals surface area contributed by atoms with Crippen LogP contribution in [-0.4, -0.2) is 10.9 Å². The number of carbonyl (C=O) groups excluding carboxylic acids is 1. The highest BCUT2D eigenvalue weighted by Crippen LogP contribution is 2.30. The summed E-state index contributed by atoms with van der Waals surface area (Å²) in [6.45, 7) is 0. The van der Waals surface area contributed by atoms with Crippen LogP contribution in [0.3, 0.4) is 0 Å². The first kappa shape index (κ1) is 12.3. The molecule has 0 spiro atoms. The molecule has 0 atom stereocenters. The molecule has 0 aliphatic rings. The molecule has 1 rings (SSSR count). The molecule has 0 radical (unpaired) electrons. The summed E-state index contributed by atoms with van der Waals surface area (Å²) >= 11 is 0. The van der Waals surface area contributed by atoms with Crippen molar-refractivity contribution in [2.45, 2.75) is 12.6 Å². The van der Waals surface area contributed by atoms with Crippen LogP contribution in [0.15, 0.2) is 12.1 Å². The van der Waals surface area contributed by atoms with Crippen molar-refractivity contribution >= 4 is 5.91 Å². The third-order valence-corrected chi connectivity index (χ3v) is 1.69. The van der Waals surface area contributed by atoms with Crippen LogP contribution in [0.25, 0.3) is 0 Å². The third kappa shape index (κ3) is 2.44. The topological polar surface area (TPSA) is 56.0 Å². The van der Waals surface area contributed by atoms with Crippen molar-refractivity contribution in [3.05, 3.63) is 29.1 Å². The highest BCUT2D eigenvalue weighted by Gasteiger charge is 2.34. The van der Waals surface area contributed by atoms with E-state index in [0.717, 1.165) is 0 Å². The number of aromatic nitrogens is 1. The van der Waals surface area contributed by atoms with Gasteiger partial charge in [0.2, 0.25) is 0 Å². The summed E-state index contributed by atoms with van der Waals surface area (Å²) in [6, 6.07) is 1.01. The Bertz CT molecular complexity index is 415. The van der Waals surface area contributed by atoms with Crippen molar-refractivity contribution in [2.75, 3.05) is 0 Å². The molecule has 0 aromatic carbocycles. The molecular weight excluding hydrogens is 235 g/mol. The van der Waals surface area contributed by atoms with Gasteiger partial charge in [0.25, 0.3) is 12.3 Å². The monoisotopic (exact) mass is 240 g/mol. The minimum Gasteiger partial charge on any atom is -0.366 e. The molecule has 88 valence electrons. The van der Waals surface area contributed by atoms with Gasteiger partial charge in [0.05, 0.1) is 5.56 Å². The lowest BCUT2D eigenvalue weighted by Crippen LogP contribution is -2.18. The van der Waals surface area contributed by atoms with E-state index in [9.17, 15) is 26.7 Å². The molecule has 16 heavy (non-hydrogen) atoms. The lowest BCUT2D eigenvalue weighted by molar-refractivity contribution is -0.141. The van der Waals surface area contributed by atoms with Crippen molar-refractivity contribution in [1.29, 1.82) is 0 Å². The maximum Gasteiger partial charge on any atom is 0.433 e. The Morgan fingerprint density at radius 2 is 1.88 bits per heavy atom. The molecule has 0 saturated carbocycles. The predicted molar refractivity (Wildman–Crippen MR) is 42.7 cm³/mol. The van der Waals surface area contributed by atoms with E-state index in [0.29, 0.717) is 12.1 Å². The quantitative estimate of drug-likeness (QED) is 0.805. The van der Waals surface area contributed by atoms with Crippen LogP contribution in [0.4, 0.5) is 22.0 Å². The zero-order chi connectivity index (χ0) is 12.5. The highest BCUT2D eigenvalue weighted by atomic mass is 19.4. The Balaban J connectivity index is 3.34. The van der Waals surface area contributed by atoms with Crippen LogP contribution in [0.2, 0.25) is 0 Å². The first-order valence-corrected chi connectivity index (χ1v) is 3.89. The summed E-state index contributed by atoms with van der Waals surface area (Å²) < 4.78 is 61.1. The smallest absolute Gasteiger partial charge is 0.366 e. The van der Waals surface area contributed by atoms with Crippen LogP contribution >= 0.6 is 0 Å². The minimum atomic E-state index is -4.85. The van der Waals surface area contributed by atoms with Gasteiger partial charge in [-0.25, -0.2) is 13.8 Å². The van der Waals surface area contributed by atoms with Crippen molar-refractivity contribution in [1.82, 2.24) is 4.98 Å². The van der Waals surface area contributed by atoms with Gasteiger partial charge in [-0.2, -0.15) is 13.2 Å². The van der Waals surface area contributed by atoms with E-state index in [1.807, 2.05) is 0 Å². The lowest BCUT2D eigenvalue weighted by atomic mass is 10.1. The molecule has 0 unspecified atom stereocenters. The lowest BCUT2D eigenvalue weighted by Gasteiger charge is -2.09. The Hall–Kier alpha value is -1.73. The Labute approximate surface area is 86.1 Å². The first-order chi connectivity index (χ1) is 7.23. The number of halogens is 5. The first-order valence-electron chi connectivity index (χ1n) is 3.89. The van der Waals surface area contributed by atoms with Crippen molar-refractivity contribution in [2.24, 2.45) is 5.73 Å². The van der Waals surface area contributed by atoms with Crippen LogP contribution in [-0.2, 0) is 6.18 Å². The molecule has 2 N–H and O–H groups in total. The number of alkyl halides is 5. The Morgan fingerprint density at radius 3 is 2.25 bits per heavy atom. The van der Waals surface area contributed by atoms with E-state index in [-0.39, 0.29) is 0 Å². The van der Waals surface area contributed by atoms with E-state index >= 15 is 0 Å². The van der Waals surface area contributed by atoms with Gasteiger partial charge in [-0.15, -0.1) is 0 Å². The molecule has 1 amide bonds. The molecule has 0 aliphatic heterocycles. The molecule has 1 aromatic heterocycles. The number of amides is 1. The van der Waals surface area contributed by atoms with E-state index in [4.69, 9.17) is 5.73 Å². The number of hydrogen-bond acceptors (Lipinski definition) is 2. The Kier molecular flexibility index (Phi) is 3.11. The van der Waals surface area contributed by atoms with Gasteiger partial charge in [-0.05, 0) is 12.1 Å². The molecule has 0 bridgehead atoms. The van der Waals surface area contributed by atoms with Gasteiger partial charge in [0.15, 0.2) is 0 Å². The fraction of sp³-hybridized carbons (Fsp3) is 0.250. The number of carbonyl (C=O) groups is 1. The fourth-order valence-electron chi connectivity index (χ4n) is 1.01. The maximum absolute atomic E-state index is 12.3. The maximum atomic E-state index is 12.3. The second kappa shape index (κ2) is 4.03. The fourth-order valence-corrected chi connectivity index (χ4v) is 1.01. The summed E-state index contributed by atoms with van der Waals surface area (Å²) in [7, 11) is 0. The van der Waals surface area contributed by atoms with Crippen molar-refractivity contribution in [3.8, 4) is 0 Å². The minimum absolute atomic E-state index is 0.423. The zero-order valence-corrected chi connectivity index (χ0v) is 7.55. The summed E-state index contributed by atoms with van der Waals surface area (Å²) in [4.78, 5) is 13.3. The average Bonchev–Trinajstić information content (AvgIpc) is 2.15. The van der Waals surface area contributed by atoms with Gasteiger partial charge < -0.3 is 5.73 Å². The second-order valence-electron chi connectivity index (χ2n) is 2.79. The largest absolute Gasteiger partial charge is 0.433 e. The standard InChI is InChI=1S/C8H5F5N2O/c9-6(10)5-3(7(14)16)1-2-4(15-5)8(11,12)13/h1-2,6H,(H2,14,16). The van der Waals surface area contributed by atoms with Gasteiger partial charge >= 0.3 is 6.18 Å². The third-order valence-electron chi connectivity index (χ3n) is 1.69. The Morgan fingerprint density at radius 1 is 1.31 bits per heavy atom. The number of hydrogen-bond donors (Lipinski definition) is 1. The summed E-state index contributed by atoms with van der Waals surface area (Å²) in [5, 5.41) is 0. The molecule has 1 heterocycles. The van der Waals surface area contributed by atoms with Gasteiger partial charge in [0, 0.05) is 0 Å². The number of nitrogens with two attached hydrogens (primary N) is 1. The highest BCUT2D eigenvalue weighted by molar-refractivity contribution is 5.93. The summed E-state index contributed by atoms with van der Waals surface area (Å²) in [5.74, 6) is -1.25. The number of nitrogens with zero attached hydrogens (tertiary/aromatic N) is 1. The van der Waals surface area contributed by atoms with Gasteiger partial charge in [-0.1, -0.05) is 0 Å². The van der Waals surface area contributed by atoms with E-state index in [1.54, 1.807) is 0 Å². The van der Waals surface area contributed by atoms with Crippen LogP contribution in [0.5, 0.6) is 0 Å². The molecule has 0 saturated heterocycles. The SMILES string of the molecule is NC(=O)c1ccc(C(F)(F)F)nc1C(F)F. The van der Waals surface area contributed by atoms with Crippen LogP contribution in [0, 0.1) is 0 Å². The summed E-state index contributed by atoms with van der Waals surface area (Å²) in [5.41, 5.74) is 1.24. The molecule has 0 fully saturated rings. The molecular formula is C8H5F5N2O. The number of pyridine rings is 1. The predicted octanol–water partition coefficient (Wildman–Crippen LogP) is 2.14. The van der Waals surface area contributed by atoms with Crippen molar-refractivity contribution < 1.29 is 26.7 Å².